The molecule has 6 nitrogen and oxygen atoms in total. The summed E-state index contributed by atoms with van der Waals surface area (Å²) in [5.74, 6) is -2.33. The number of alkyl halides is 3. The Morgan fingerprint density at radius 3 is 2.55 bits per heavy atom. The lowest BCUT2D eigenvalue weighted by molar-refractivity contribution is -0.137. The van der Waals surface area contributed by atoms with Crippen molar-refractivity contribution in [1.82, 2.24) is 15.0 Å². The summed E-state index contributed by atoms with van der Waals surface area (Å²) in [6, 6.07) is 11.8. The molecule has 1 aliphatic heterocycles. The summed E-state index contributed by atoms with van der Waals surface area (Å²) in [7, 11) is 1.77. The van der Waals surface area contributed by atoms with E-state index in [9.17, 15) is 26.7 Å². The largest absolute Gasteiger partial charge is 0.416 e. The van der Waals surface area contributed by atoms with E-state index >= 15 is 0 Å². The molecule has 1 aliphatic rings. The van der Waals surface area contributed by atoms with E-state index in [1.54, 1.807) is 14.0 Å². The Bertz CT molecular complexity index is 1560. The van der Waals surface area contributed by atoms with Crippen LogP contribution in [0, 0.1) is 23.0 Å². The smallest absolute Gasteiger partial charge is 0.322 e. The third kappa shape index (κ3) is 6.20. The lowest BCUT2D eigenvalue weighted by atomic mass is 9.87. The van der Waals surface area contributed by atoms with Crippen molar-refractivity contribution >= 4 is 11.6 Å². The van der Waals surface area contributed by atoms with Gasteiger partial charge in [-0.2, -0.15) is 18.4 Å². The number of carbonyl (C=O) groups excluding carboxylic acids is 1. The Hall–Kier alpha value is -4.14. The molecule has 1 fully saturated rings. The molecule has 3 aromatic rings. The number of amides is 1. The number of hydrazine groups is 1. The standard InChI is InChI=1S/C31H30F5N5O/c1-19(20(2)30(3)13-6-14-41(30)40(4)18-22-7-5-8-26(32)28(22)33)29(42)39-27-12-10-23(31(34,35)36)15-25(27)21-9-11-24(16-37)38-17-21/h5,7-12,15,17H,6,13-14,18H2,1-4H3,(H,39,42)/b20-19+. The molecule has 2 aromatic carbocycles. The van der Waals surface area contributed by atoms with Crippen LogP contribution >= 0.6 is 0 Å². The van der Waals surface area contributed by atoms with Gasteiger partial charge in [0.2, 0.25) is 0 Å². The summed E-state index contributed by atoms with van der Waals surface area (Å²) in [5, 5.41) is 15.6. The molecule has 220 valence electrons. The van der Waals surface area contributed by atoms with Gasteiger partial charge in [-0.1, -0.05) is 12.1 Å². The van der Waals surface area contributed by atoms with Gasteiger partial charge >= 0.3 is 6.18 Å². The minimum Gasteiger partial charge on any atom is -0.322 e. The third-order valence-corrected chi connectivity index (χ3v) is 7.94. The van der Waals surface area contributed by atoms with E-state index in [1.165, 1.54) is 36.5 Å². The van der Waals surface area contributed by atoms with E-state index in [4.69, 9.17) is 5.26 Å². The normalized spacial score (nSPS) is 18.1. The molecule has 1 saturated heterocycles. The Morgan fingerprint density at radius 1 is 1.17 bits per heavy atom. The molecule has 0 radical (unpaired) electrons. The molecule has 42 heavy (non-hydrogen) atoms. The first-order chi connectivity index (χ1) is 19.8. The summed E-state index contributed by atoms with van der Waals surface area (Å²) in [5.41, 5.74) is 0.449. The maximum atomic E-state index is 14.4. The summed E-state index contributed by atoms with van der Waals surface area (Å²) in [6.07, 6.45) is -1.83. The predicted molar refractivity (Wildman–Crippen MR) is 149 cm³/mol. The van der Waals surface area contributed by atoms with Crippen molar-refractivity contribution in [3.8, 4) is 17.2 Å². The zero-order valence-corrected chi connectivity index (χ0v) is 23.6. The van der Waals surface area contributed by atoms with Crippen LogP contribution in [0.4, 0.5) is 27.6 Å². The van der Waals surface area contributed by atoms with Crippen LogP contribution in [0.1, 0.15) is 50.4 Å². The number of anilines is 1. The molecule has 0 aliphatic carbocycles. The van der Waals surface area contributed by atoms with Crippen LogP contribution in [-0.4, -0.2) is 40.0 Å². The lowest BCUT2D eigenvalue weighted by Gasteiger charge is -2.42. The minimum atomic E-state index is -4.61. The number of pyridine rings is 1. The molecular formula is C31H30F5N5O. The number of rotatable bonds is 7. The number of carbonyl (C=O) groups is 1. The fourth-order valence-corrected chi connectivity index (χ4v) is 5.36. The predicted octanol–water partition coefficient (Wildman–Crippen LogP) is 7.09. The van der Waals surface area contributed by atoms with Gasteiger partial charge in [0.15, 0.2) is 11.6 Å². The average molecular weight is 584 g/mol. The van der Waals surface area contributed by atoms with Gasteiger partial charge < -0.3 is 5.32 Å². The zero-order chi connectivity index (χ0) is 30.8. The zero-order valence-electron chi connectivity index (χ0n) is 23.6. The quantitative estimate of drug-likeness (QED) is 0.238. The fourth-order valence-electron chi connectivity index (χ4n) is 5.36. The molecule has 1 N–H and O–H groups in total. The number of aromatic nitrogens is 1. The van der Waals surface area contributed by atoms with Gasteiger partial charge in [0, 0.05) is 54.3 Å². The van der Waals surface area contributed by atoms with Crippen molar-refractivity contribution in [2.45, 2.75) is 51.9 Å². The van der Waals surface area contributed by atoms with Crippen LogP contribution in [0.5, 0.6) is 0 Å². The van der Waals surface area contributed by atoms with Crippen molar-refractivity contribution in [3.05, 3.63) is 94.3 Å². The number of nitrogens with zero attached hydrogens (tertiary/aromatic N) is 4. The highest BCUT2D eigenvalue weighted by Crippen LogP contribution is 2.39. The Balaban J connectivity index is 1.63. The van der Waals surface area contributed by atoms with E-state index in [0.29, 0.717) is 24.1 Å². The monoisotopic (exact) mass is 583 g/mol. The highest BCUT2D eigenvalue weighted by Gasteiger charge is 2.42. The molecule has 11 heteroatoms. The third-order valence-electron chi connectivity index (χ3n) is 7.94. The number of nitrogens with one attached hydrogen (secondary N) is 1. The summed E-state index contributed by atoms with van der Waals surface area (Å²) in [4.78, 5) is 17.5. The Morgan fingerprint density at radius 2 is 1.90 bits per heavy atom. The van der Waals surface area contributed by atoms with Gasteiger partial charge in [-0.05, 0) is 75.6 Å². The Labute approximate surface area is 241 Å². The van der Waals surface area contributed by atoms with Crippen molar-refractivity contribution in [1.29, 1.82) is 5.26 Å². The number of nitriles is 1. The molecule has 1 atom stereocenters. The van der Waals surface area contributed by atoms with Gasteiger partial charge in [0.1, 0.15) is 11.8 Å². The highest BCUT2D eigenvalue weighted by molar-refractivity contribution is 6.06. The number of hydrogen-bond donors (Lipinski definition) is 1. The van der Waals surface area contributed by atoms with Crippen LogP contribution in [-0.2, 0) is 17.5 Å². The van der Waals surface area contributed by atoms with Crippen LogP contribution in [0.2, 0.25) is 0 Å². The van der Waals surface area contributed by atoms with E-state index in [0.717, 1.165) is 30.2 Å². The van der Waals surface area contributed by atoms with Crippen LogP contribution in [0.15, 0.2) is 65.9 Å². The van der Waals surface area contributed by atoms with Gasteiger partial charge in [0.25, 0.3) is 5.91 Å². The maximum absolute atomic E-state index is 14.4. The highest BCUT2D eigenvalue weighted by atomic mass is 19.4. The molecule has 2 heterocycles. The number of hydrogen-bond acceptors (Lipinski definition) is 5. The SMILES string of the molecule is C/C(C(=O)Nc1ccc(C(F)(F)F)cc1-c1ccc(C#N)nc1)=C(/C)C1(C)CCCN1N(C)Cc1cccc(F)c1F. The maximum Gasteiger partial charge on any atom is 0.416 e. The van der Waals surface area contributed by atoms with E-state index in [-0.39, 0.29) is 29.1 Å². The molecule has 1 unspecified atom stereocenters. The molecule has 1 aromatic heterocycles. The molecule has 0 spiro atoms. The van der Waals surface area contributed by atoms with Crippen LogP contribution in [0.25, 0.3) is 11.1 Å². The molecule has 0 bridgehead atoms. The topological polar surface area (TPSA) is 72.3 Å². The summed E-state index contributed by atoms with van der Waals surface area (Å²) >= 11 is 0. The van der Waals surface area contributed by atoms with E-state index in [1.807, 2.05) is 29.9 Å². The van der Waals surface area contributed by atoms with Crippen molar-refractivity contribution in [2.75, 3.05) is 18.9 Å². The van der Waals surface area contributed by atoms with Gasteiger partial charge in [-0.3, -0.25) is 4.79 Å². The fraction of sp³-hybridized carbons (Fsp3) is 0.323. The number of benzene rings is 2. The summed E-state index contributed by atoms with van der Waals surface area (Å²) < 4.78 is 68.7. The van der Waals surface area contributed by atoms with Crippen molar-refractivity contribution in [2.24, 2.45) is 0 Å². The van der Waals surface area contributed by atoms with Gasteiger partial charge in [0.05, 0.1) is 11.1 Å². The second-order valence-corrected chi connectivity index (χ2v) is 10.5. The molecule has 0 saturated carbocycles. The van der Waals surface area contributed by atoms with Crippen LogP contribution in [0.3, 0.4) is 0 Å². The molecule has 1 amide bonds. The Kier molecular flexibility index (Phi) is 8.80. The second kappa shape index (κ2) is 12.0. The molecular weight excluding hydrogens is 553 g/mol. The minimum absolute atomic E-state index is 0.102. The van der Waals surface area contributed by atoms with Gasteiger partial charge in [-0.15, -0.1) is 0 Å². The van der Waals surface area contributed by atoms with Crippen LogP contribution < -0.4 is 5.32 Å². The van der Waals surface area contributed by atoms with E-state index < -0.39 is 34.8 Å². The lowest BCUT2D eigenvalue weighted by Crippen LogP contribution is -2.51. The molecule has 4 rings (SSSR count). The first-order valence-electron chi connectivity index (χ1n) is 13.2. The van der Waals surface area contributed by atoms with Crippen molar-refractivity contribution < 1.29 is 26.7 Å². The van der Waals surface area contributed by atoms with Gasteiger partial charge in [-0.25, -0.2) is 23.8 Å². The second-order valence-electron chi connectivity index (χ2n) is 10.5. The summed E-state index contributed by atoms with van der Waals surface area (Å²) in [6.45, 7) is 6.18. The van der Waals surface area contributed by atoms with Crippen molar-refractivity contribution in [3.63, 3.8) is 0 Å². The number of halogens is 5. The first kappa shape index (κ1) is 30.8. The first-order valence-corrected chi connectivity index (χ1v) is 13.2. The average Bonchev–Trinajstić information content (AvgIpc) is 3.37. The van der Waals surface area contributed by atoms with E-state index in [2.05, 4.69) is 10.3 Å².